The molecule has 2 aromatic rings. The Morgan fingerprint density at radius 3 is 1.53 bits per heavy atom. The molecular formula is C57H93N17O11. The van der Waals surface area contributed by atoms with Crippen molar-refractivity contribution < 1.29 is 53.4 Å². The third-order valence-corrected chi connectivity index (χ3v) is 14.8. The standard InChI is InChI=1S/C57H93N17O11/c1-7-32(5)46(60)53(83)72-43(29-45(59)77)55(85)74-25-11-14-44(74)52(82)73-47(33(6)8-2)54(84)71-42(28-35-17-21-38(76)22-18-35)51(81)69-40(13-10-24-66-57(63)64)49(79)70-41(26-31(3)4)50(80)68-39(12-9-23-65-56(61)62)48(78)67-36(30-58)27-34-15-19-37(75)20-16-34/h15-22,31-33,36,39-44,46-47,75-76H,7-14,23-30,58,60H2,1-6H3,(H2,59,77)(H,67,78)(H,68,80)(H,69,81)(H,70,79)(H,71,84)(H,72,83)(H,73,82)(H4,61,62,65)(H4,63,64,66)/t32-,33-,36-,39-,40-,41-,42-,43-,44-,46-,47-/m0/s1. The fourth-order valence-corrected chi connectivity index (χ4v) is 9.45. The topological polar surface area (TPSA) is 488 Å². The van der Waals surface area contributed by atoms with Crippen LogP contribution >= 0.6 is 0 Å². The number of aliphatic imine (C=N–C) groups is 2. The highest BCUT2D eigenvalue weighted by molar-refractivity contribution is 5.99. The van der Waals surface area contributed by atoms with Crippen molar-refractivity contribution in [1.82, 2.24) is 42.1 Å². The molecule has 0 saturated carbocycles. The van der Waals surface area contributed by atoms with Crippen molar-refractivity contribution in [2.75, 3.05) is 26.2 Å². The first-order chi connectivity index (χ1) is 40.2. The Kier molecular flexibility index (Phi) is 29.9. The van der Waals surface area contributed by atoms with E-state index in [1.165, 1.54) is 41.3 Å². The lowest BCUT2D eigenvalue weighted by molar-refractivity contribution is -0.143. The minimum Gasteiger partial charge on any atom is -0.508 e. The molecule has 0 spiro atoms. The van der Waals surface area contributed by atoms with Crippen LogP contribution in [-0.2, 0) is 56.0 Å². The lowest BCUT2D eigenvalue weighted by Gasteiger charge is -2.32. The largest absolute Gasteiger partial charge is 0.508 e. The summed E-state index contributed by atoms with van der Waals surface area (Å²) in [6, 6.07) is 1.51. The number of primary amides is 1. The molecule has 1 fully saturated rings. The van der Waals surface area contributed by atoms with Gasteiger partial charge < -0.3 is 92.5 Å². The number of phenolic OH excluding ortho intramolecular Hbond substituents is 2. The number of benzene rings is 2. The van der Waals surface area contributed by atoms with E-state index in [1.54, 1.807) is 32.9 Å². The molecule has 28 heteroatoms. The second-order valence-corrected chi connectivity index (χ2v) is 22.2. The quantitative estimate of drug-likeness (QED) is 0.0193. The van der Waals surface area contributed by atoms with E-state index in [1.807, 2.05) is 20.8 Å². The maximum Gasteiger partial charge on any atom is 0.246 e. The summed E-state index contributed by atoms with van der Waals surface area (Å²) in [5.74, 6) is -8.20. The van der Waals surface area contributed by atoms with E-state index in [2.05, 4.69) is 47.2 Å². The Hall–Kier alpha value is -8.27. The molecule has 1 heterocycles. The van der Waals surface area contributed by atoms with Crippen molar-refractivity contribution in [2.24, 2.45) is 67.9 Å². The van der Waals surface area contributed by atoms with Gasteiger partial charge in [0.05, 0.1) is 12.5 Å². The number of nitrogens with two attached hydrogens (primary N) is 7. The van der Waals surface area contributed by atoms with Gasteiger partial charge in [-0.3, -0.25) is 53.1 Å². The summed E-state index contributed by atoms with van der Waals surface area (Å²) in [6.45, 7) is 11.0. The van der Waals surface area contributed by atoms with Crippen molar-refractivity contribution in [3.63, 3.8) is 0 Å². The monoisotopic (exact) mass is 1190 g/mol. The number of hydrogen-bond acceptors (Lipinski definition) is 15. The maximum absolute atomic E-state index is 14.8. The lowest BCUT2D eigenvalue weighted by Crippen LogP contribution is -2.61. The van der Waals surface area contributed by atoms with Crippen LogP contribution in [0.25, 0.3) is 0 Å². The van der Waals surface area contributed by atoms with E-state index in [0.717, 1.165) is 5.56 Å². The molecule has 1 saturated heterocycles. The van der Waals surface area contributed by atoms with Gasteiger partial charge in [-0.25, -0.2) is 0 Å². The molecular weight excluding hydrogens is 1100 g/mol. The SMILES string of the molecule is CC[C@H](C)[C@H](N)C(=O)N[C@@H](CC(N)=O)C(=O)N1CCC[C@H]1C(=O)N[C@H](C(=O)N[C@@H](Cc1ccc(O)cc1)C(=O)N[C@@H](CCCN=C(N)N)C(=O)N[C@@H](CC(C)C)C(=O)N[C@@H](CCCN=C(N)N)C(=O)N[C@H](CN)Cc1ccc(O)cc1)[C@@H](C)CC. The number of nitrogens with one attached hydrogen (secondary N) is 7. The molecule has 3 rings (SSSR count). The number of phenols is 2. The van der Waals surface area contributed by atoms with Gasteiger partial charge >= 0.3 is 0 Å². The Morgan fingerprint density at radius 1 is 0.588 bits per heavy atom. The summed E-state index contributed by atoms with van der Waals surface area (Å²) < 4.78 is 0. The Bertz CT molecular complexity index is 2600. The molecule has 0 bridgehead atoms. The summed E-state index contributed by atoms with van der Waals surface area (Å²) in [7, 11) is 0. The van der Waals surface area contributed by atoms with Crippen LogP contribution < -0.4 is 77.4 Å². The lowest BCUT2D eigenvalue weighted by atomic mass is 9.96. The number of hydrogen-bond donors (Lipinski definition) is 16. The molecule has 23 N–H and O–H groups in total. The van der Waals surface area contributed by atoms with Crippen molar-refractivity contribution in [1.29, 1.82) is 0 Å². The number of aromatic hydroxyl groups is 2. The third-order valence-electron chi connectivity index (χ3n) is 14.8. The number of nitrogens with zero attached hydrogens (tertiary/aromatic N) is 3. The summed E-state index contributed by atoms with van der Waals surface area (Å²) in [5.41, 5.74) is 41.2. The number of carbonyl (C=O) groups excluding carboxylic acids is 9. The first-order valence-electron chi connectivity index (χ1n) is 29.0. The average Bonchev–Trinajstić information content (AvgIpc) is 4.24. The van der Waals surface area contributed by atoms with Crippen molar-refractivity contribution in [3.8, 4) is 11.5 Å². The zero-order valence-electron chi connectivity index (χ0n) is 49.8. The van der Waals surface area contributed by atoms with Crippen LogP contribution in [0.3, 0.4) is 0 Å². The molecule has 0 aromatic heterocycles. The minimum atomic E-state index is -1.45. The smallest absolute Gasteiger partial charge is 0.246 e. The number of guanidine groups is 2. The molecule has 85 heavy (non-hydrogen) atoms. The molecule has 0 radical (unpaired) electrons. The number of carbonyl (C=O) groups is 9. The minimum absolute atomic E-state index is 0.0300. The van der Waals surface area contributed by atoms with Gasteiger partial charge in [-0.1, -0.05) is 78.6 Å². The molecule has 1 aliphatic heterocycles. The van der Waals surface area contributed by atoms with Crippen LogP contribution in [-0.4, -0.2) is 161 Å². The van der Waals surface area contributed by atoms with Gasteiger partial charge in [-0.05, 0) is 105 Å². The molecule has 9 amide bonds. The third kappa shape index (κ3) is 24.5. The summed E-state index contributed by atoms with van der Waals surface area (Å²) in [6.07, 6.45) is 1.46. The highest BCUT2D eigenvalue weighted by Gasteiger charge is 2.41. The zero-order chi connectivity index (χ0) is 63.5. The second-order valence-electron chi connectivity index (χ2n) is 22.2. The first kappa shape index (κ1) is 71.0. The fourth-order valence-electron chi connectivity index (χ4n) is 9.45. The van der Waals surface area contributed by atoms with Crippen LogP contribution in [0.1, 0.15) is 117 Å². The van der Waals surface area contributed by atoms with E-state index >= 15 is 0 Å². The fraction of sp³-hybridized carbons (Fsp3) is 0.596. The zero-order valence-corrected chi connectivity index (χ0v) is 49.8. The molecule has 11 atom stereocenters. The molecule has 1 aliphatic rings. The van der Waals surface area contributed by atoms with Gasteiger partial charge in [-0.2, -0.15) is 0 Å². The van der Waals surface area contributed by atoms with Crippen molar-refractivity contribution >= 4 is 65.1 Å². The normalized spacial score (nSPS) is 16.5. The summed E-state index contributed by atoms with van der Waals surface area (Å²) in [5, 5.41) is 39.2. The van der Waals surface area contributed by atoms with Crippen LogP contribution in [0, 0.1) is 17.8 Å². The maximum atomic E-state index is 14.8. The predicted octanol–water partition coefficient (Wildman–Crippen LogP) is -2.33. The molecule has 0 aliphatic carbocycles. The first-order valence-corrected chi connectivity index (χ1v) is 29.0. The van der Waals surface area contributed by atoms with Gasteiger partial charge in [0, 0.05) is 38.6 Å². The van der Waals surface area contributed by atoms with E-state index in [0.29, 0.717) is 31.2 Å². The van der Waals surface area contributed by atoms with Gasteiger partial charge in [0.15, 0.2) is 11.9 Å². The van der Waals surface area contributed by atoms with Crippen LogP contribution in [0.2, 0.25) is 0 Å². The van der Waals surface area contributed by atoms with Gasteiger partial charge in [-0.15, -0.1) is 0 Å². The highest BCUT2D eigenvalue weighted by Crippen LogP contribution is 2.22. The van der Waals surface area contributed by atoms with Gasteiger partial charge in [0.25, 0.3) is 0 Å². The molecule has 0 unspecified atom stereocenters. The Morgan fingerprint density at radius 2 is 1.05 bits per heavy atom. The van der Waals surface area contributed by atoms with E-state index < -0.39 is 120 Å². The predicted molar refractivity (Wildman–Crippen MR) is 321 cm³/mol. The van der Waals surface area contributed by atoms with Crippen LogP contribution in [0.4, 0.5) is 0 Å². The number of amides is 9. The summed E-state index contributed by atoms with van der Waals surface area (Å²) >= 11 is 0. The van der Waals surface area contributed by atoms with Crippen molar-refractivity contribution in [2.45, 2.75) is 173 Å². The second kappa shape index (κ2) is 35.8. The van der Waals surface area contributed by atoms with E-state index in [-0.39, 0.29) is 106 Å². The summed E-state index contributed by atoms with van der Waals surface area (Å²) in [4.78, 5) is 135. The molecule has 2 aromatic carbocycles. The Labute approximate surface area is 497 Å². The van der Waals surface area contributed by atoms with Crippen LogP contribution in [0.5, 0.6) is 11.5 Å². The van der Waals surface area contributed by atoms with E-state index in [9.17, 15) is 53.4 Å². The van der Waals surface area contributed by atoms with Crippen LogP contribution in [0.15, 0.2) is 58.5 Å². The number of rotatable bonds is 36. The average molecular weight is 1190 g/mol. The van der Waals surface area contributed by atoms with Crippen molar-refractivity contribution in [3.05, 3.63) is 59.7 Å². The highest BCUT2D eigenvalue weighted by atomic mass is 16.3. The van der Waals surface area contributed by atoms with Gasteiger partial charge in [0.2, 0.25) is 53.2 Å². The Balaban J connectivity index is 1.97. The molecule has 28 nitrogen and oxygen atoms in total. The van der Waals surface area contributed by atoms with Gasteiger partial charge in [0.1, 0.15) is 53.8 Å². The number of likely N-dealkylation sites (tertiary alicyclic amines) is 1. The molecule has 472 valence electrons. The van der Waals surface area contributed by atoms with E-state index in [4.69, 9.17) is 40.1 Å².